The van der Waals surface area contributed by atoms with Gasteiger partial charge < -0.3 is 14.8 Å². The van der Waals surface area contributed by atoms with E-state index in [-0.39, 0.29) is 0 Å². The van der Waals surface area contributed by atoms with Crippen molar-refractivity contribution >= 4 is 17.9 Å². The molecule has 0 saturated heterocycles. The van der Waals surface area contributed by atoms with Crippen LogP contribution in [0.2, 0.25) is 0 Å². The van der Waals surface area contributed by atoms with Gasteiger partial charge >= 0.3 is 5.97 Å². The predicted molar refractivity (Wildman–Crippen MR) is 70.6 cm³/mol. The van der Waals surface area contributed by atoms with E-state index in [1.807, 2.05) is 13.0 Å². The zero-order valence-electron chi connectivity index (χ0n) is 10.7. The van der Waals surface area contributed by atoms with Gasteiger partial charge in [-0.2, -0.15) is 0 Å². The molecule has 96 valence electrons. The van der Waals surface area contributed by atoms with Gasteiger partial charge in [-0.05, 0) is 25.0 Å². The van der Waals surface area contributed by atoms with E-state index in [0.717, 1.165) is 11.8 Å². The molecular weight excluding hydrogens is 230 g/mol. The number of aldehydes is 1. The van der Waals surface area contributed by atoms with Crippen molar-refractivity contribution < 1.29 is 14.3 Å². The highest BCUT2D eigenvalue weighted by Crippen LogP contribution is 2.23. The van der Waals surface area contributed by atoms with E-state index in [4.69, 9.17) is 4.74 Å². The average Bonchev–Trinajstić information content (AvgIpc) is 2.37. The van der Waals surface area contributed by atoms with E-state index >= 15 is 0 Å². The molecule has 4 heteroatoms. The number of benzene rings is 1. The van der Waals surface area contributed by atoms with Crippen molar-refractivity contribution in [3.8, 4) is 0 Å². The summed E-state index contributed by atoms with van der Waals surface area (Å²) in [5.41, 5.74) is 2.76. The van der Waals surface area contributed by atoms with Crippen LogP contribution in [0.1, 0.15) is 28.8 Å². The Morgan fingerprint density at radius 1 is 1.50 bits per heavy atom. The number of aryl methyl sites for hydroxylation is 1. The lowest BCUT2D eigenvalue weighted by atomic mass is 10.1. The molecule has 4 nitrogen and oxygen atoms in total. The lowest BCUT2D eigenvalue weighted by Gasteiger charge is -2.14. The maximum Gasteiger partial charge on any atom is 0.339 e. The summed E-state index contributed by atoms with van der Waals surface area (Å²) >= 11 is 0. The van der Waals surface area contributed by atoms with Crippen LogP contribution in [0.15, 0.2) is 30.5 Å². The molecule has 0 atom stereocenters. The Labute approximate surface area is 107 Å². The molecule has 1 aromatic carbocycles. The summed E-state index contributed by atoms with van der Waals surface area (Å²) in [5, 5.41) is 3.07. The monoisotopic (exact) mass is 247 g/mol. The third kappa shape index (κ3) is 3.45. The Morgan fingerprint density at radius 2 is 2.22 bits per heavy atom. The van der Waals surface area contributed by atoms with Crippen molar-refractivity contribution in [2.24, 2.45) is 0 Å². The van der Waals surface area contributed by atoms with Gasteiger partial charge in [0, 0.05) is 12.1 Å². The van der Waals surface area contributed by atoms with E-state index in [2.05, 4.69) is 11.9 Å². The second-order valence-electron chi connectivity index (χ2n) is 3.92. The van der Waals surface area contributed by atoms with Crippen LogP contribution in [0.3, 0.4) is 0 Å². The number of esters is 1. The maximum absolute atomic E-state index is 11.6. The van der Waals surface area contributed by atoms with Crippen LogP contribution < -0.4 is 5.32 Å². The van der Waals surface area contributed by atoms with Gasteiger partial charge in [0.05, 0.1) is 18.4 Å². The fraction of sp³-hybridized carbons (Fsp3) is 0.286. The van der Waals surface area contributed by atoms with Crippen LogP contribution in [0.5, 0.6) is 0 Å². The summed E-state index contributed by atoms with van der Waals surface area (Å²) in [6, 6.07) is 5.37. The normalized spacial score (nSPS) is 9.67. The first kappa shape index (κ1) is 14.0. The van der Waals surface area contributed by atoms with Crippen LogP contribution in [-0.4, -0.2) is 19.4 Å². The first-order valence-corrected chi connectivity index (χ1v) is 5.66. The number of allylic oxidation sites excluding steroid dienone is 1. The first-order chi connectivity index (χ1) is 8.60. The number of anilines is 1. The third-order valence-corrected chi connectivity index (χ3v) is 2.54. The molecule has 0 aliphatic rings. The summed E-state index contributed by atoms with van der Waals surface area (Å²) in [6.07, 6.45) is 1.79. The molecule has 1 aromatic rings. The quantitative estimate of drug-likeness (QED) is 0.620. The summed E-state index contributed by atoms with van der Waals surface area (Å²) < 4.78 is 4.73. The number of carbonyl (C=O) groups excluding carboxylic acids is 2. The Kier molecular flexibility index (Phi) is 5.11. The summed E-state index contributed by atoms with van der Waals surface area (Å²) in [6.45, 7) is 5.72. The van der Waals surface area contributed by atoms with Crippen LogP contribution in [-0.2, 0) is 9.53 Å². The molecule has 0 aliphatic heterocycles. The van der Waals surface area contributed by atoms with Crippen LogP contribution >= 0.6 is 0 Å². The van der Waals surface area contributed by atoms with E-state index in [0.29, 0.717) is 29.8 Å². The number of methoxy groups -OCH3 is 1. The zero-order valence-corrected chi connectivity index (χ0v) is 10.7. The lowest BCUT2D eigenvalue weighted by molar-refractivity contribution is -0.107. The molecule has 0 saturated carbocycles. The van der Waals surface area contributed by atoms with Crippen molar-refractivity contribution in [1.29, 1.82) is 0 Å². The number of carbonyl (C=O) groups is 2. The summed E-state index contributed by atoms with van der Waals surface area (Å²) in [7, 11) is 1.34. The standard InChI is InChI=1S/C14H17NO3/c1-10-6-4-8-12(14(17)18-3)13(10)15-11(2)7-5-9-16/h4,6,8-9,15H,2,5,7H2,1,3H3. The second-order valence-corrected chi connectivity index (χ2v) is 3.92. The van der Waals surface area contributed by atoms with Gasteiger partial charge in [0.25, 0.3) is 0 Å². The smallest absolute Gasteiger partial charge is 0.339 e. The molecule has 0 heterocycles. The largest absolute Gasteiger partial charge is 0.465 e. The number of ether oxygens (including phenoxy) is 1. The Morgan fingerprint density at radius 3 is 2.83 bits per heavy atom. The molecule has 0 fully saturated rings. The first-order valence-electron chi connectivity index (χ1n) is 5.66. The fourth-order valence-electron chi connectivity index (χ4n) is 1.59. The van der Waals surface area contributed by atoms with Gasteiger partial charge in [0.15, 0.2) is 0 Å². The maximum atomic E-state index is 11.6. The Balaban J connectivity index is 2.96. The van der Waals surface area contributed by atoms with Gasteiger partial charge in [-0.3, -0.25) is 0 Å². The van der Waals surface area contributed by atoms with E-state index < -0.39 is 5.97 Å². The minimum atomic E-state index is -0.399. The predicted octanol–water partition coefficient (Wildman–Crippen LogP) is 2.69. The fourth-order valence-corrected chi connectivity index (χ4v) is 1.59. The Hall–Kier alpha value is -2.10. The lowest BCUT2D eigenvalue weighted by Crippen LogP contribution is -2.09. The van der Waals surface area contributed by atoms with Crippen molar-refractivity contribution in [3.63, 3.8) is 0 Å². The average molecular weight is 247 g/mol. The van der Waals surface area contributed by atoms with Crippen LogP contribution in [0, 0.1) is 6.92 Å². The highest BCUT2D eigenvalue weighted by atomic mass is 16.5. The molecule has 0 bridgehead atoms. The number of rotatable bonds is 6. The Bertz CT molecular complexity index is 466. The molecule has 1 N–H and O–H groups in total. The van der Waals surface area contributed by atoms with Crippen molar-refractivity contribution in [2.75, 3.05) is 12.4 Å². The van der Waals surface area contributed by atoms with E-state index in [1.165, 1.54) is 7.11 Å². The zero-order chi connectivity index (χ0) is 13.5. The molecule has 18 heavy (non-hydrogen) atoms. The molecule has 0 amide bonds. The number of hydrogen-bond donors (Lipinski definition) is 1. The van der Waals surface area contributed by atoms with Gasteiger partial charge in [-0.15, -0.1) is 0 Å². The number of hydrogen-bond acceptors (Lipinski definition) is 4. The van der Waals surface area contributed by atoms with Crippen molar-refractivity contribution in [3.05, 3.63) is 41.6 Å². The minimum absolute atomic E-state index is 0.399. The van der Waals surface area contributed by atoms with E-state index in [1.54, 1.807) is 12.1 Å². The van der Waals surface area contributed by atoms with Crippen molar-refractivity contribution in [1.82, 2.24) is 0 Å². The summed E-state index contributed by atoms with van der Waals surface area (Å²) in [5.74, 6) is -0.399. The number of nitrogens with one attached hydrogen (secondary N) is 1. The molecule has 0 unspecified atom stereocenters. The number of para-hydroxylation sites is 1. The SMILES string of the molecule is C=C(CCC=O)Nc1c(C)cccc1C(=O)OC. The summed E-state index contributed by atoms with van der Waals surface area (Å²) in [4.78, 5) is 21.9. The van der Waals surface area contributed by atoms with E-state index in [9.17, 15) is 9.59 Å². The third-order valence-electron chi connectivity index (χ3n) is 2.54. The highest BCUT2D eigenvalue weighted by Gasteiger charge is 2.13. The second kappa shape index (κ2) is 6.59. The van der Waals surface area contributed by atoms with Crippen LogP contribution in [0.4, 0.5) is 5.69 Å². The topological polar surface area (TPSA) is 55.4 Å². The highest BCUT2D eigenvalue weighted by molar-refractivity contribution is 5.96. The van der Waals surface area contributed by atoms with Gasteiger partial charge in [0.2, 0.25) is 0 Å². The van der Waals surface area contributed by atoms with Crippen LogP contribution in [0.25, 0.3) is 0 Å². The molecule has 0 aromatic heterocycles. The van der Waals surface area contributed by atoms with Gasteiger partial charge in [-0.25, -0.2) is 4.79 Å². The molecule has 1 rings (SSSR count). The molecular formula is C14H17NO3. The van der Waals surface area contributed by atoms with Crippen molar-refractivity contribution in [2.45, 2.75) is 19.8 Å². The minimum Gasteiger partial charge on any atom is -0.465 e. The molecule has 0 radical (unpaired) electrons. The molecule has 0 aliphatic carbocycles. The van der Waals surface area contributed by atoms with Gasteiger partial charge in [-0.1, -0.05) is 18.7 Å². The molecule has 0 spiro atoms. The van der Waals surface area contributed by atoms with Gasteiger partial charge in [0.1, 0.15) is 6.29 Å².